The lowest BCUT2D eigenvalue weighted by molar-refractivity contribution is -0.00575. The molecule has 1 aliphatic rings. The van der Waals surface area contributed by atoms with Crippen LogP contribution in [0.5, 0.6) is 0 Å². The van der Waals surface area contributed by atoms with Gasteiger partial charge in [-0.1, -0.05) is 13.8 Å². The van der Waals surface area contributed by atoms with Gasteiger partial charge in [0, 0.05) is 19.0 Å². The number of aromatic amines is 1. The zero-order valence-corrected chi connectivity index (χ0v) is 12.0. The first-order chi connectivity index (χ1) is 9.61. The lowest BCUT2D eigenvalue weighted by atomic mass is 10.1. The summed E-state index contributed by atoms with van der Waals surface area (Å²) in [6, 6.07) is 0. The van der Waals surface area contributed by atoms with Crippen molar-refractivity contribution in [2.45, 2.75) is 38.7 Å². The number of nitrogens with zero attached hydrogens (tertiary/aromatic N) is 3. The largest absolute Gasteiger partial charge is 0.394 e. The summed E-state index contributed by atoms with van der Waals surface area (Å²) in [4.78, 5) is 18.2. The Morgan fingerprint density at radius 3 is 2.75 bits per heavy atom. The number of amides is 1. The second-order valence-corrected chi connectivity index (χ2v) is 5.28. The highest BCUT2D eigenvalue weighted by molar-refractivity contribution is 5.90. The van der Waals surface area contributed by atoms with Gasteiger partial charge in [0.2, 0.25) is 5.82 Å². The molecule has 2 N–H and O–H groups in total. The minimum Gasteiger partial charge on any atom is -0.394 e. The molecule has 0 saturated carbocycles. The number of aromatic nitrogens is 3. The molecule has 2 heterocycles. The Balaban J connectivity index is 1.87. The minimum atomic E-state index is -0.131. The lowest BCUT2D eigenvalue weighted by Gasteiger charge is -2.31. The van der Waals surface area contributed by atoms with Crippen molar-refractivity contribution in [2.75, 3.05) is 26.3 Å². The van der Waals surface area contributed by atoms with Crippen LogP contribution < -0.4 is 0 Å². The molecule has 0 spiro atoms. The van der Waals surface area contributed by atoms with Crippen molar-refractivity contribution in [3.05, 3.63) is 11.6 Å². The van der Waals surface area contributed by atoms with Gasteiger partial charge in [-0.05, 0) is 12.8 Å². The predicted molar refractivity (Wildman–Crippen MR) is 72.4 cm³/mol. The van der Waals surface area contributed by atoms with Gasteiger partial charge in [-0.25, -0.2) is 4.98 Å². The van der Waals surface area contributed by atoms with Gasteiger partial charge in [-0.15, -0.1) is 5.10 Å². The van der Waals surface area contributed by atoms with Gasteiger partial charge in [-0.2, -0.15) is 0 Å². The third kappa shape index (κ3) is 3.55. The van der Waals surface area contributed by atoms with Crippen molar-refractivity contribution in [2.24, 2.45) is 0 Å². The van der Waals surface area contributed by atoms with Crippen LogP contribution in [0.4, 0.5) is 0 Å². The molecular weight excluding hydrogens is 260 g/mol. The zero-order valence-electron chi connectivity index (χ0n) is 12.0. The number of carbonyl (C=O) groups is 1. The van der Waals surface area contributed by atoms with Crippen LogP contribution in [-0.2, 0) is 4.74 Å². The van der Waals surface area contributed by atoms with Gasteiger partial charge in [-0.3, -0.25) is 9.89 Å². The molecule has 1 amide bonds. The van der Waals surface area contributed by atoms with E-state index >= 15 is 0 Å². The maximum Gasteiger partial charge on any atom is 0.293 e. The van der Waals surface area contributed by atoms with E-state index in [0.717, 1.165) is 18.7 Å². The normalized spacial score (nSPS) is 16.9. The van der Waals surface area contributed by atoms with E-state index in [1.165, 1.54) is 0 Å². The number of rotatable bonds is 5. The fraction of sp³-hybridized carbons (Fsp3) is 0.769. The van der Waals surface area contributed by atoms with Crippen LogP contribution in [0.15, 0.2) is 0 Å². The summed E-state index contributed by atoms with van der Waals surface area (Å²) in [5.74, 6) is 1.06. The molecule has 0 aliphatic carbocycles. The quantitative estimate of drug-likeness (QED) is 0.822. The molecule has 0 unspecified atom stereocenters. The fourth-order valence-electron chi connectivity index (χ4n) is 2.21. The topological polar surface area (TPSA) is 91.3 Å². The van der Waals surface area contributed by atoms with E-state index in [4.69, 9.17) is 9.84 Å². The van der Waals surface area contributed by atoms with Gasteiger partial charge in [0.1, 0.15) is 5.82 Å². The predicted octanol–water partition coefficient (Wildman–Crippen LogP) is 0.542. The van der Waals surface area contributed by atoms with Crippen LogP contribution in [0, 0.1) is 0 Å². The van der Waals surface area contributed by atoms with Gasteiger partial charge in [0.25, 0.3) is 5.91 Å². The SMILES string of the molecule is CC(C)c1nc(C(=O)N2CCC(OCCO)CC2)n[nH]1. The van der Waals surface area contributed by atoms with Crippen molar-refractivity contribution in [1.29, 1.82) is 0 Å². The number of ether oxygens (including phenoxy) is 1. The van der Waals surface area contributed by atoms with Crippen LogP contribution in [-0.4, -0.2) is 63.5 Å². The Morgan fingerprint density at radius 1 is 1.50 bits per heavy atom. The van der Waals surface area contributed by atoms with E-state index in [9.17, 15) is 4.79 Å². The Bertz CT molecular complexity index is 439. The number of aliphatic hydroxyl groups excluding tert-OH is 1. The van der Waals surface area contributed by atoms with Crippen molar-refractivity contribution < 1.29 is 14.6 Å². The van der Waals surface area contributed by atoms with E-state index in [1.54, 1.807) is 4.90 Å². The molecule has 20 heavy (non-hydrogen) atoms. The van der Waals surface area contributed by atoms with Crippen molar-refractivity contribution in [1.82, 2.24) is 20.1 Å². The molecule has 1 fully saturated rings. The zero-order chi connectivity index (χ0) is 14.5. The smallest absolute Gasteiger partial charge is 0.293 e. The van der Waals surface area contributed by atoms with Crippen molar-refractivity contribution in [3.8, 4) is 0 Å². The maximum atomic E-state index is 12.3. The second-order valence-electron chi connectivity index (χ2n) is 5.28. The number of hydrogen-bond donors (Lipinski definition) is 2. The molecule has 112 valence electrons. The van der Waals surface area contributed by atoms with E-state index < -0.39 is 0 Å². The number of nitrogens with one attached hydrogen (secondary N) is 1. The number of piperidine rings is 1. The number of hydrogen-bond acceptors (Lipinski definition) is 5. The van der Waals surface area contributed by atoms with E-state index in [1.807, 2.05) is 13.8 Å². The Labute approximate surface area is 118 Å². The third-order valence-electron chi connectivity index (χ3n) is 3.41. The van der Waals surface area contributed by atoms with Crippen LogP contribution in [0.25, 0.3) is 0 Å². The highest BCUT2D eigenvalue weighted by Gasteiger charge is 2.26. The van der Waals surface area contributed by atoms with Gasteiger partial charge >= 0.3 is 0 Å². The van der Waals surface area contributed by atoms with Gasteiger partial charge in [0.05, 0.1) is 19.3 Å². The molecule has 1 aromatic heterocycles. The summed E-state index contributed by atoms with van der Waals surface area (Å²) < 4.78 is 5.48. The summed E-state index contributed by atoms with van der Waals surface area (Å²) in [5, 5.41) is 15.5. The first-order valence-corrected chi connectivity index (χ1v) is 7.06. The van der Waals surface area contributed by atoms with Crippen LogP contribution in [0.2, 0.25) is 0 Å². The molecule has 1 aromatic rings. The Hall–Kier alpha value is -1.47. The van der Waals surface area contributed by atoms with Gasteiger partial charge < -0.3 is 14.7 Å². The molecular formula is C13H22N4O3. The molecule has 1 saturated heterocycles. The average molecular weight is 282 g/mol. The maximum absolute atomic E-state index is 12.3. The Morgan fingerprint density at radius 2 is 2.20 bits per heavy atom. The second kappa shape index (κ2) is 6.81. The average Bonchev–Trinajstić information content (AvgIpc) is 2.95. The first-order valence-electron chi connectivity index (χ1n) is 7.06. The lowest BCUT2D eigenvalue weighted by Crippen LogP contribution is -2.41. The minimum absolute atomic E-state index is 0.0360. The molecule has 7 heteroatoms. The van der Waals surface area contributed by atoms with Crippen LogP contribution >= 0.6 is 0 Å². The summed E-state index contributed by atoms with van der Waals surface area (Å²) in [7, 11) is 0. The Kier molecular flexibility index (Phi) is 5.08. The molecule has 2 rings (SSSR count). The summed E-state index contributed by atoms with van der Waals surface area (Å²) in [5.41, 5.74) is 0. The number of likely N-dealkylation sites (tertiary alicyclic amines) is 1. The molecule has 0 radical (unpaired) electrons. The highest BCUT2D eigenvalue weighted by atomic mass is 16.5. The molecule has 0 aromatic carbocycles. The number of H-pyrrole nitrogens is 1. The number of carbonyl (C=O) groups excluding carboxylic acids is 1. The third-order valence-corrected chi connectivity index (χ3v) is 3.41. The van der Waals surface area contributed by atoms with E-state index in [0.29, 0.717) is 19.7 Å². The molecule has 7 nitrogen and oxygen atoms in total. The van der Waals surface area contributed by atoms with Crippen molar-refractivity contribution >= 4 is 5.91 Å². The highest BCUT2D eigenvalue weighted by Crippen LogP contribution is 2.16. The molecule has 1 aliphatic heterocycles. The summed E-state index contributed by atoms with van der Waals surface area (Å²) >= 11 is 0. The fourth-order valence-corrected chi connectivity index (χ4v) is 2.21. The number of aliphatic hydroxyl groups is 1. The van der Waals surface area contributed by atoms with E-state index in [-0.39, 0.29) is 30.4 Å². The summed E-state index contributed by atoms with van der Waals surface area (Å²) in [6.07, 6.45) is 1.70. The molecule has 0 atom stereocenters. The van der Waals surface area contributed by atoms with Crippen molar-refractivity contribution in [3.63, 3.8) is 0 Å². The monoisotopic (exact) mass is 282 g/mol. The standard InChI is InChI=1S/C13H22N4O3/c1-9(2)11-14-12(16-15-11)13(19)17-5-3-10(4-6-17)20-8-7-18/h9-10,18H,3-8H2,1-2H3,(H,14,15,16). The molecule has 0 bridgehead atoms. The van der Waals surface area contributed by atoms with Gasteiger partial charge in [0.15, 0.2) is 0 Å². The van der Waals surface area contributed by atoms with Crippen LogP contribution in [0.3, 0.4) is 0 Å². The summed E-state index contributed by atoms with van der Waals surface area (Å²) in [6.45, 7) is 5.67. The first kappa shape index (κ1) is 14.9. The van der Waals surface area contributed by atoms with E-state index in [2.05, 4.69) is 15.2 Å². The van der Waals surface area contributed by atoms with Crippen LogP contribution in [0.1, 0.15) is 49.1 Å².